The molecular formula is C14H9BN2O3. The van der Waals surface area contributed by atoms with Gasteiger partial charge in [0.2, 0.25) is 0 Å². The number of para-hydroxylation sites is 1. The Morgan fingerprint density at radius 1 is 1.20 bits per heavy atom. The maximum atomic E-state index is 12.1. The van der Waals surface area contributed by atoms with Gasteiger partial charge in [-0.25, -0.2) is 4.79 Å². The first-order chi connectivity index (χ1) is 9.74. The molecule has 0 spiro atoms. The molecule has 2 aliphatic rings. The Labute approximate surface area is 115 Å². The van der Waals surface area contributed by atoms with E-state index in [0.29, 0.717) is 5.56 Å². The van der Waals surface area contributed by atoms with Crippen molar-refractivity contribution in [2.75, 3.05) is 4.92 Å². The van der Waals surface area contributed by atoms with Crippen LogP contribution < -0.4 is 10.4 Å². The molecular weight excluding hydrogens is 255 g/mol. The smallest absolute Gasteiger partial charge is 0.508 e. The first kappa shape index (κ1) is 11.1. The van der Waals surface area contributed by atoms with Crippen molar-refractivity contribution < 1.29 is 14.6 Å². The largest absolute Gasteiger partial charge is 0.544 e. The molecule has 1 N–H and O–H groups in total. The lowest BCUT2D eigenvalue weighted by molar-refractivity contribution is 0.0727. The number of hydrazone groups is 1. The topological polar surface area (TPSA) is 62.1 Å². The summed E-state index contributed by atoms with van der Waals surface area (Å²) in [5.74, 6) is -0.204. The van der Waals surface area contributed by atoms with Crippen molar-refractivity contribution in [3.8, 4) is 5.75 Å². The lowest BCUT2D eigenvalue weighted by atomic mass is 9.67. The first-order valence-electron chi connectivity index (χ1n) is 6.20. The Morgan fingerprint density at radius 2 is 2.05 bits per heavy atom. The molecule has 0 saturated heterocycles. The number of benzene rings is 2. The average molecular weight is 264 g/mol. The summed E-state index contributed by atoms with van der Waals surface area (Å²) in [6.07, 6.45) is 1.65. The molecule has 0 saturated carbocycles. The third kappa shape index (κ3) is 1.45. The number of rotatable bonds is 0. The first-order valence-corrected chi connectivity index (χ1v) is 6.20. The van der Waals surface area contributed by atoms with Crippen molar-refractivity contribution in [1.82, 2.24) is 0 Å². The zero-order chi connectivity index (χ0) is 13.7. The van der Waals surface area contributed by atoms with Crippen LogP contribution in [-0.2, 0) is 4.65 Å². The van der Waals surface area contributed by atoms with Gasteiger partial charge in [-0.1, -0.05) is 18.2 Å². The van der Waals surface area contributed by atoms with Gasteiger partial charge in [0.15, 0.2) is 0 Å². The second-order valence-corrected chi connectivity index (χ2v) is 4.68. The molecule has 0 aliphatic carbocycles. The fourth-order valence-corrected chi connectivity index (χ4v) is 2.53. The van der Waals surface area contributed by atoms with Crippen molar-refractivity contribution in [1.29, 1.82) is 0 Å². The standard InChI is InChI=1S/C14H9BN2O3/c18-10-5-6-12-9(7-10)8-16-17-13-4-2-1-3-11(13)14(19)20-15(12)17/h1-8,18H. The highest BCUT2D eigenvalue weighted by molar-refractivity contribution is 6.75. The summed E-state index contributed by atoms with van der Waals surface area (Å²) in [5.41, 5.74) is 2.78. The van der Waals surface area contributed by atoms with Gasteiger partial charge in [-0.15, -0.1) is 0 Å². The fourth-order valence-electron chi connectivity index (χ4n) is 2.53. The number of phenolic OH excluding ortho intramolecular Hbond substituents is 1. The minimum Gasteiger partial charge on any atom is -0.508 e. The van der Waals surface area contributed by atoms with E-state index in [9.17, 15) is 9.90 Å². The number of carbonyl (C=O) groups is 1. The van der Waals surface area contributed by atoms with E-state index in [2.05, 4.69) is 5.10 Å². The molecule has 0 amide bonds. The molecule has 4 rings (SSSR count). The number of fused-ring (bicyclic) bond motifs is 5. The number of nitrogens with zero attached hydrogens (tertiary/aromatic N) is 2. The van der Waals surface area contributed by atoms with Crippen LogP contribution in [0.3, 0.4) is 0 Å². The van der Waals surface area contributed by atoms with Gasteiger partial charge >= 0.3 is 13.0 Å². The van der Waals surface area contributed by atoms with Gasteiger partial charge in [0.05, 0.1) is 17.5 Å². The highest BCUT2D eigenvalue weighted by Crippen LogP contribution is 2.29. The molecule has 0 radical (unpaired) electrons. The highest BCUT2D eigenvalue weighted by Gasteiger charge is 2.42. The van der Waals surface area contributed by atoms with E-state index < -0.39 is 7.05 Å². The fraction of sp³-hybridized carbons (Fsp3) is 0. The van der Waals surface area contributed by atoms with Crippen LogP contribution >= 0.6 is 0 Å². The van der Waals surface area contributed by atoms with Crippen molar-refractivity contribution in [2.24, 2.45) is 5.10 Å². The van der Waals surface area contributed by atoms with E-state index in [4.69, 9.17) is 4.65 Å². The van der Waals surface area contributed by atoms with Crippen LogP contribution in [0.15, 0.2) is 47.6 Å². The number of hydrogen-bond donors (Lipinski definition) is 1. The summed E-state index contributed by atoms with van der Waals surface area (Å²) in [5, 5.41) is 13.8. The lowest BCUT2D eigenvalue weighted by Gasteiger charge is -2.34. The normalized spacial score (nSPS) is 15.3. The molecule has 0 aromatic heterocycles. The van der Waals surface area contributed by atoms with E-state index in [1.54, 1.807) is 41.5 Å². The molecule has 0 unspecified atom stereocenters. The molecule has 0 fully saturated rings. The number of anilines is 1. The lowest BCUT2D eigenvalue weighted by Crippen LogP contribution is -2.55. The zero-order valence-electron chi connectivity index (χ0n) is 10.4. The van der Waals surface area contributed by atoms with Gasteiger partial charge in [-0.2, -0.15) is 5.10 Å². The van der Waals surface area contributed by atoms with Gasteiger partial charge in [-0.05, 0) is 35.3 Å². The Hall–Kier alpha value is -2.76. The molecule has 2 aliphatic heterocycles. The van der Waals surface area contributed by atoms with Crippen LogP contribution in [0.2, 0.25) is 0 Å². The van der Waals surface area contributed by atoms with Gasteiger partial charge in [0, 0.05) is 0 Å². The van der Waals surface area contributed by atoms with Crippen LogP contribution in [0.4, 0.5) is 5.69 Å². The van der Waals surface area contributed by atoms with E-state index in [0.717, 1.165) is 16.7 Å². The molecule has 2 heterocycles. The van der Waals surface area contributed by atoms with Crippen molar-refractivity contribution in [3.05, 3.63) is 53.6 Å². The Morgan fingerprint density at radius 3 is 2.95 bits per heavy atom. The summed E-state index contributed by atoms with van der Waals surface area (Å²) in [6, 6.07) is 12.1. The average Bonchev–Trinajstić information content (AvgIpc) is 2.47. The zero-order valence-corrected chi connectivity index (χ0v) is 10.4. The van der Waals surface area contributed by atoms with Gasteiger partial charge < -0.3 is 9.76 Å². The number of phenols is 1. The second kappa shape index (κ2) is 3.87. The summed E-state index contributed by atoms with van der Waals surface area (Å²) in [7, 11) is -0.585. The molecule has 2 aromatic carbocycles. The Balaban J connectivity index is 1.90. The molecule has 20 heavy (non-hydrogen) atoms. The molecule has 2 aromatic rings. The Bertz CT molecular complexity index is 760. The van der Waals surface area contributed by atoms with Crippen molar-refractivity contribution in [3.63, 3.8) is 0 Å². The summed E-state index contributed by atoms with van der Waals surface area (Å²) >= 11 is 0. The van der Waals surface area contributed by atoms with Crippen LogP contribution in [0, 0.1) is 0 Å². The van der Waals surface area contributed by atoms with E-state index in [1.165, 1.54) is 0 Å². The van der Waals surface area contributed by atoms with Crippen molar-refractivity contribution >= 4 is 30.4 Å². The third-order valence-corrected chi connectivity index (χ3v) is 3.47. The van der Waals surface area contributed by atoms with E-state index >= 15 is 0 Å². The maximum Gasteiger partial charge on any atom is 0.544 e. The third-order valence-electron chi connectivity index (χ3n) is 3.47. The second-order valence-electron chi connectivity index (χ2n) is 4.68. The monoisotopic (exact) mass is 264 g/mol. The van der Waals surface area contributed by atoms with E-state index in [-0.39, 0.29) is 11.7 Å². The van der Waals surface area contributed by atoms with Gasteiger partial charge in [0.1, 0.15) is 5.75 Å². The number of carbonyl (C=O) groups excluding carboxylic acids is 1. The van der Waals surface area contributed by atoms with Crippen LogP contribution in [0.25, 0.3) is 0 Å². The molecule has 0 atom stereocenters. The highest BCUT2D eigenvalue weighted by atomic mass is 16.5. The molecule has 0 bridgehead atoms. The van der Waals surface area contributed by atoms with Crippen LogP contribution in [0.5, 0.6) is 5.75 Å². The van der Waals surface area contributed by atoms with Crippen LogP contribution in [0.1, 0.15) is 15.9 Å². The minimum atomic E-state index is -0.585. The minimum absolute atomic E-state index is 0.159. The van der Waals surface area contributed by atoms with Gasteiger partial charge in [0.25, 0.3) is 0 Å². The predicted octanol–water partition coefficient (Wildman–Crippen LogP) is 1.11. The van der Waals surface area contributed by atoms with E-state index in [1.807, 2.05) is 12.1 Å². The number of hydrogen-bond acceptors (Lipinski definition) is 5. The predicted molar refractivity (Wildman–Crippen MR) is 75.4 cm³/mol. The molecule has 96 valence electrons. The maximum absolute atomic E-state index is 12.1. The summed E-state index contributed by atoms with van der Waals surface area (Å²) in [4.78, 5) is 13.7. The number of aromatic hydroxyl groups is 1. The van der Waals surface area contributed by atoms with Crippen molar-refractivity contribution in [2.45, 2.75) is 0 Å². The summed E-state index contributed by atoms with van der Waals surface area (Å²) in [6.45, 7) is 0. The van der Waals surface area contributed by atoms with Gasteiger partial charge in [-0.3, -0.25) is 4.92 Å². The summed E-state index contributed by atoms with van der Waals surface area (Å²) < 4.78 is 5.47. The molecule has 6 heteroatoms. The quantitative estimate of drug-likeness (QED) is 0.724. The SMILES string of the molecule is O=C1OB2c3ccc(O)cc3C=NN2c2ccccc21. The van der Waals surface area contributed by atoms with Crippen LogP contribution in [-0.4, -0.2) is 24.3 Å². The Kier molecular flexibility index (Phi) is 2.15. The molecule has 5 nitrogen and oxygen atoms in total.